The highest BCUT2D eigenvalue weighted by Gasteiger charge is 2.21. The van der Waals surface area contributed by atoms with Crippen LogP contribution >= 0.6 is 0 Å². The van der Waals surface area contributed by atoms with E-state index in [0.29, 0.717) is 12.3 Å². The van der Waals surface area contributed by atoms with Gasteiger partial charge in [0.1, 0.15) is 12.3 Å². The molecule has 1 aliphatic rings. The first-order chi connectivity index (χ1) is 7.58. The molecule has 83 valence electrons. The van der Waals surface area contributed by atoms with Gasteiger partial charge in [-0.1, -0.05) is 0 Å². The van der Waals surface area contributed by atoms with Crippen LogP contribution in [0.25, 0.3) is 0 Å². The molecule has 0 fully saturated rings. The number of fused-ring (bicyclic) bond motifs is 1. The molecular weight excluding hydrogens is 209 g/mol. The Hall–Kier alpha value is -1.69. The Labute approximate surface area is 93.5 Å². The number of aliphatic carboxylic acids is 1. The lowest BCUT2D eigenvalue weighted by atomic mass is 9.85. The summed E-state index contributed by atoms with van der Waals surface area (Å²) in [5.41, 5.74) is 2.36. The summed E-state index contributed by atoms with van der Waals surface area (Å²) in [4.78, 5) is 12.2. The van der Waals surface area contributed by atoms with Crippen molar-refractivity contribution in [2.75, 3.05) is 18.5 Å². The second-order valence-electron chi connectivity index (χ2n) is 3.72. The van der Waals surface area contributed by atoms with Gasteiger partial charge in [0.25, 0.3) is 0 Å². The number of nitrogens with zero attached hydrogens (tertiary/aromatic N) is 1. The van der Waals surface area contributed by atoms with Gasteiger partial charge in [0.05, 0.1) is 6.61 Å². The minimum Gasteiger partial charge on any atom is -0.508 e. The number of likely N-dealkylation sites (N-methyl/N-ethyl adjacent to an activating group) is 1. The van der Waals surface area contributed by atoms with Crippen molar-refractivity contribution in [3.8, 4) is 5.75 Å². The third-order valence-electron chi connectivity index (χ3n) is 2.45. The molecule has 0 saturated carbocycles. The zero-order valence-corrected chi connectivity index (χ0v) is 8.80. The highest BCUT2D eigenvalue weighted by Crippen LogP contribution is 2.23. The Kier molecular flexibility index (Phi) is 2.74. The van der Waals surface area contributed by atoms with Gasteiger partial charge < -0.3 is 19.8 Å². The van der Waals surface area contributed by atoms with Gasteiger partial charge >= 0.3 is 13.5 Å². The zero-order chi connectivity index (χ0) is 11.7. The fraction of sp³-hybridized carbons (Fsp3) is 0.300. The third-order valence-corrected chi connectivity index (χ3v) is 2.45. The summed E-state index contributed by atoms with van der Waals surface area (Å²) >= 11 is 0. The summed E-state index contributed by atoms with van der Waals surface area (Å²) in [6.07, 6.45) is 0. The Bertz CT molecular complexity index is 435. The van der Waals surface area contributed by atoms with E-state index in [4.69, 9.17) is 9.76 Å². The number of phenols is 1. The van der Waals surface area contributed by atoms with Crippen molar-refractivity contribution in [1.82, 2.24) is 0 Å². The topological polar surface area (TPSA) is 70.0 Å². The molecule has 0 saturated heterocycles. The molecule has 1 radical (unpaired) electrons. The van der Waals surface area contributed by atoms with Crippen LogP contribution in [-0.4, -0.2) is 37.3 Å². The molecule has 0 aromatic heterocycles. The number of rotatable bonds is 3. The Morgan fingerprint density at radius 3 is 3.06 bits per heavy atom. The van der Waals surface area contributed by atoms with E-state index in [1.54, 1.807) is 25.5 Å². The van der Waals surface area contributed by atoms with Crippen LogP contribution in [0.1, 0.15) is 5.56 Å². The number of carboxylic acid groups (broad SMARTS) is 1. The summed E-state index contributed by atoms with van der Waals surface area (Å²) in [5.74, 6) is -0.802. The molecule has 6 heteroatoms. The van der Waals surface area contributed by atoms with Crippen LogP contribution in [0.15, 0.2) is 12.1 Å². The van der Waals surface area contributed by atoms with Crippen molar-refractivity contribution in [3.05, 3.63) is 17.7 Å². The fourth-order valence-corrected chi connectivity index (χ4v) is 1.75. The molecule has 16 heavy (non-hydrogen) atoms. The van der Waals surface area contributed by atoms with Gasteiger partial charge in [-0.25, -0.2) is 0 Å². The molecule has 0 spiro atoms. The minimum atomic E-state index is -0.918. The molecule has 5 nitrogen and oxygen atoms in total. The van der Waals surface area contributed by atoms with E-state index in [1.807, 2.05) is 0 Å². The third kappa shape index (κ3) is 1.97. The number of carbonyl (C=O) groups is 1. The van der Waals surface area contributed by atoms with Gasteiger partial charge in [-0.05, 0) is 17.1 Å². The minimum absolute atomic E-state index is 0.116. The Balaban J connectivity index is 2.36. The molecule has 1 aromatic carbocycles. The molecule has 1 heterocycles. The number of hydrogen-bond donors (Lipinski definition) is 2. The van der Waals surface area contributed by atoms with Crippen LogP contribution in [0.3, 0.4) is 0 Å². The Morgan fingerprint density at radius 1 is 1.62 bits per heavy atom. The highest BCUT2D eigenvalue weighted by molar-refractivity contribution is 6.51. The van der Waals surface area contributed by atoms with Crippen molar-refractivity contribution in [2.24, 2.45) is 0 Å². The number of phenolic OH excluding ortho intramolecular Hbond substituents is 1. The molecule has 2 rings (SSSR count). The van der Waals surface area contributed by atoms with Gasteiger partial charge in [-0.3, -0.25) is 4.79 Å². The van der Waals surface area contributed by atoms with Crippen LogP contribution in [0.2, 0.25) is 0 Å². The van der Waals surface area contributed by atoms with Crippen molar-refractivity contribution < 1.29 is 19.7 Å². The standard InChI is InChI=1S/C10H11BNO4/c1-12(4-9(14)15)8-3-7(13)2-6-5-16-11-10(6)8/h2-3,13H,4-5H2,1H3,(H,14,15). The molecule has 2 N–H and O–H groups in total. The molecule has 0 bridgehead atoms. The number of anilines is 1. The number of aromatic hydroxyl groups is 1. The number of benzene rings is 1. The second kappa shape index (κ2) is 4.06. The van der Waals surface area contributed by atoms with E-state index >= 15 is 0 Å². The zero-order valence-electron chi connectivity index (χ0n) is 8.80. The fourth-order valence-electron chi connectivity index (χ4n) is 1.75. The van der Waals surface area contributed by atoms with Gasteiger partial charge in [0, 0.05) is 18.8 Å². The van der Waals surface area contributed by atoms with Crippen LogP contribution in [0, 0.1) is 0 Å². The Morgan fingerprint density at radius 2 is 2.38 bits per heavy atom. The van der Waals surface area contributed by atoms with E-state index in [0.717, 1.165) is 11.0 Å². The van der Waals surface area contributed by atoms with Gasteiger partial charge in [-0.15, -0.1) is 0 Å². The lowest BCUT2D eigenvalue weighted by molar-refractivity contribution is -0.135. The summed E-state index contributed by atoms with van der Waals surface area (Å²) < 4.78 is 5.16. The van der Waals surface area contributed by atoms with E-state index in [9.17, 15) is 9.90 Å². The monoisotopic (exact) mass is 220 g/mol. The first-order valence-electron chi connectivity index (χ1n) is 4.81. The lowest BCUT2D eigenvalue weighted by Crippen LogP contribution is -2.31. The van der Waals surface area contributed by atoms with E-state index in [2.05, 4.69) is 0 Å². The van der Waals surface area contributed by atoms with Crippen molar-refractivity contribution in [2.45, 2.75) is 6.61 Å². The van der Waals surface area contributed by atoms with Crippen LogP contribution in [0.4, 0.5) is 5.69 Å². The maximum Gasteiger partial charge on any atom is 0.332 e. The average molecular weight is 220 g/mol. The predicted molar refractivity (Wildman–Crippen MR) is 59.2 cm³/mol. The van der Waals surface area contributed by atoms with Gasteiger partial charge in [-0.2, -0.15) is 0 Å². The van der Waals surface area contributed by atoms with Crippen LogP contribution in [-0.2, 0) is 16.1 Å². The van der Waals surface area contributed by atoms with E-state index in [1.165, 1.54) is 6.07 Å². The van der Waals surface area contributed by atoms with Crippen molar-refractivity contribution in [3.63, 3.8) is 0 Å². The molecule has 0 atom stereocenters. The lowest BCUT2D eigenvalue weighted by Gasteiger charge is -2.20. The second-order valence-corrected chi connectivity index (χ2v) is 3.72. The molecule has 1 aliphatic heterocycles. The van der Waals surface area contributed by atoms with Crippen molar-refractivity contribution >= 4 is 24.6 Å². The largest absolute Gasteiger partial charge is 0.508 e. The first-order valence-corrected chi connectivity index (χ1v) is 4.81. The summed E-state index contributed by atoms with van der Waals surface area (Å²) in [6.45, 7) is 0.293. The normalized spacial score (nSPS) is 13.1. The van der Waals surface area contributed by atoms with Gasteiger partial charge in [0.15, 0.2) is 0 Å². The van der Waals surface area contributed by atoms with E-state index in [-0.39, 0.29) is 12.3 Å². The number of hydrogen-bond acceptors (Lipinski definition) is 4. The predicted octanol–water partition coefficient (Wildman–Crippen LogP) is -0.312. The molecule has 1 aromatic rings. The quantitative estimate of drug-likeness (QED) is 0.683. The maximum atomic E-state index is 10.6. The van der Waals surface area contributed by atoms with Crippen molar-refractivity contribution in [1.29, 1.82) is 0 Å². The molecular formula is C10H11BNO4. The smallest absolute Gasteiger partial charge is 0.332 e. The SMILES string of the molecule is CN(CC(=O)O)c1cc(O)cc2c1[B]OC2. The highest BCUT2D eigenvalue weighted by atomic mass is 16.4. The summed E-state index contributed by atoms with van der Waals surface area (Å²) in [7, 11) is 3.25. The average Bonchev–Trinajstić information content (AvgIpc) is 2.62. The van der Waals surface area contributed by atoms with Crippen LogP contribution in [0.5, 0.6) is 5.75 Å². The maximum absolute atomic E-state index is 10.6. The molecule has 0 unspecified atom stereocenters. The van der Waals surface area contributed by atoms with Gasteiger partial charge in [0.2, 0.25) is 0 Å². The summed E-state index contributed by atoms with van der Waals surface area (Å²) in [6, 6.07) is 3.16. The first kappa shape index (κ1) is 10.8. The van der Waals surface area contributed by atoms with E-state index < -0.39 is 5.97 Å². The van der Waals surface area contributed by atoms with Crippen LogP contribution < -0.4 is 10.4 Å². The molecule has 0 amide bonds. The molecule has 0 aliphatic carbocycles. The summed E-state index contributed by atoms with van der Waals surface area (Å²) in [5, 5.41) is 18.2. The number of carboxylic acids is 1.